The third kappa shape index (κ3) is 8.03. The minimum atomic E-state index is -0.958. The summed E-state index contributed by atoms with van der Waals surface area (Å²) in [5, 5.41) is 24.1. The van der Waals surface area contributed by atoms with Gasteiger partial charge in [0.15, 0.2) is 0 Å². The fraction of sp³-hybridized carbons (Fsp3) is 0.333. The molecule has 1 saturated carbocycles. The normalized spacial score (nSPS) is 15.2. The van der Waals surface area contributed by atoms with Crippen molar-refractivity contribution in [2.45, 2.75) is 63.2 Å². The van der Waals surface area contributed by atoms with Crippen molar-refractivity contribution in [1.82, 2.24) is 4.98 Å². The van der Waals surface area contributed by atoms with E-state index in [0.717, 1.165) is 64.7 Å². The first kappa shape index (κ1) is 30.3. The van der Waals surface area contributed by atoms with Crippen LogP contribution in [0.25, 0.3) is 17.0 Å². The number of benzene rings is 3. The molecule has 4 nitrogen and oxygen atoms in total. The number of carbonyl (C=O) groups is 1. The number of carboxylic acids is 1. The van der Waals surface area contributed by atoms with Crippen LogP contribution in [0, 0.1) is 5.41 Å². The summed E-state index contributed by atoms with van der Waals surface area (Å²) >= 11 is 8.01. The molecular weight excluding hydrogens is 562 g/mol. The number of halogens is 1. The Morgan fingerprint density at radius 3 is 2.64 bits per heavy atom. The van der Waals surface area contributed by atoms with Gasteiger partial charge in [-0.1, -0.05) is 84.4 Å². The summed E-state index contributed by atoms with van der Waals surface area (Å²) < 4.78 is 0. The van der Waals surface area contributed by atoms with Crippen molar-refractivity contribution >= 4 is 46.3 Å². The highest BCUT2D eigenvalue weighted by Gasteiger charge is 2.42. The Balaban J connectivity index is 1.32. The second-order valence-corrected chi connectivity index (χ2v) is 13.6. The number of thioether (sulfide) groups is 1. The summed E-state index contributed by atoms with van der Waals surface area (Å²) in [4.78, 5) is 16.1. The molecule has 0 radical (unpaired) electrons. The Labute approximate surface area is 257 Å². The summed E-state index contributed by atoms with van der Waals surface area (Å²) in [7, 11) is 0. The zero-order valence-electron chi connectivity index (χ0n) is 24.2. The SMILES string of the molecule is CC(C)(O)c1ccccc1CC[C@@H](SCC1(CC(=O)[O-])CC1)c1cccc(/C=C/Cc2ccc3ccc(Cl)cc3n2)c1. The largest absolute Gasteiger partial charge is 0.550 e. The lowest BCUT2D eigenvalue weighted by Gasteiger charge is -2.24. The summed E-state index contributed by atoms with van der Waals surface area (Å²) in [5.41, 5.74) is 5.27. The molecule has 0 bridgehead atoms. The van der Waals surface area contributed by atoms with Gasteiger partial charge < -0.3 is 15.0 Å². The molecule has 0 aliphatic heterocycles. The molecule has 3 aromatic carbocycles. The molecule has 4 aromatic rings. The maximum atomic E-state index is 11.4. The van der Waals surface area contributed by atoms with Crippen LogP contribution in [0.3, 0.4) is 0 Å². The van der Waals surface area contributed by atoms with Gasteiger partial charge in [0, 0.05) is 33.7 Å². The summed E-state index contributed by atoms with van der Waals surface area (Å²) in [6.07, 6.45) is 8.71. The number of hydrogen-bond acceptors (Lipinski definition) is 5. The number of hydrogen-bond donors (Lipinski definition) is 1. The van der Waals surface area contributed by atoms with Gasteiger partial charge >= 0.3 is 0 Å². The van der Waals surface area contributed by atoms with Crippen molar-refractivity contribution in [1.29, 1.82) is 0 Å². The van der Waals surface area contributed by atoms with Crippen LogP contribution < -0.4 is 5.11 Å². The number of aliphatic hydroxyl groups is 1. The molecular formula is C36H37ClNO3S-. The maximum absolute atomic E-state index is 11.4. The Hall–Kier alpha value is -3.12. The van der Waals surface area contributed by atoms with Crippen LogP contribution in [0.4, 0.5) is 0 Å². The van der Waals surface area contributed by atoms with Crippen LogP contribution in [0.15, 0.2) is 84.9 Å². The zero-order valence-corrected chi connectivity index (χ0v) is 25.8. The molecule has 1 heterocycles. The standard InChI is InChI=1S/C36H38ClNO3S/c1-35(2,41)31-12-4-3-9-26(31)15-18-33(42-24-36(19-20-36)23-34(39)40)28-10-5-7-25(21-28)8-6-11-30-17-14-27-13-16-29(37)22-32(27)38-30/h3-10,12-14,16-17,21-22,33,41H,11,15,18-20,23-24H2,1-2H3,(H,39,40)/p-1/b8-6+/t33-/m1/s1. The van der Waals surface area contributed by atoms with Crippen molar-refractivity contribution in [3.05, 3.63) is 118 Å². The van der Waals surface area contributed by atoms with Gasteiger partial charge in [-0.2, -0.15) is 11.8 Å². The van der Waals surface area contributed by atoms with Crippen LogP contribution >= 0.6 is 23.4 Å². The van der Waals surface area contributed by atoms with E-state index in [1.165, 1.54) is 5.56 Å². The fourth-order valence-corrected chi connectivity index (χ4v) is 7.26. The number of nitrogens with zero attached hydrogens (tertiary/aromatic N) is 1. The van der Waals surface area contributed by atoms with Gasteiger partial charge in [0.2, 0.25) is 0 Å². The van der Waals surface area contributed by atoms with Crippen molar-refractivity contribution in [3.8, 4) is 0 Å². The molecule has 0 saturated heterocycles. The number of rotatable bonds is 13. The Bertz CT molecular complexity index is 1590. The van der Waals surface area contributed by atoms with Crippen LogP contribution in [0.2, 0.25) is 5.02 Å². The molecule has 218 valence electrons. The predicted molar refractivity (Wildman–Crippen MR) is 172 cm³/mol. The zero-order chi connectivity index (χ0) is 29.7. The number of carbonyl (C=O) groups excluding carboxylic acids is 1. The molecule has 0 unspecified atom stereocenters. The lowest BCUT2D eigenvalue weighted by Crippen LogP contribution is -2.26. The smallest absolute Gasteiger partial charge is 0.0843 e. The van der Waals surface area contributed by atoms with E-state index in [0.29, 0.717) is 11.4 Å². The number of aromatic nitrogens is 1. The first-order valence-electron chi connectivity index (χ1n) is 14.5. The van der Waals surface area contributed by atoms with E-state index in [2.05, 4.69) is 54.6 Å². The summed E-state index contributed by atoms with van der Waals surface area (Å²) in [6.45, 7) is 3.65. The second-order valence-electron chi connectivity index (χ2n) is 12.0. The quantitative estimate of drug-likeness (QED) is 0.171. The Morgan fingerprint density at radius 2 is 1.88 bits per heavy atom. The molecule has 0 spiro atoms. The van der Waals surface area contributed by atoms with Crippen molar-refractivity contribution < 1.29 is 15.0 Å². The highest BCUT2D eigenvalue weighted by molar-refractivity contribution is 7.99. The minimum Gasteiger partial charge on any atom is -0.550 e. The highest BCUT2D eigenvalue weighted by Crippen LogP contribution is 2.53. The van der Waals surface area contributed by atoms with Crippen molar-refractivity contribution in [2.24, 2.45) is 5.41 Å². The third-order valence-electron chi connectivity index (χ3n) is 8.05. The van der Waals surface area contributed by atoms with Crippen LogP contribution in [-0.4, -0.2) is 21.8 Å². The average Bonchev–Trinajstić information content (AvgIpc) is 3.71. The van der Waals surface area contributed by atoms with E-state index < -0.39 is 11.6 Å². The van der Waals surface area contributed by atoms with Gasteiger partial charge in [0.05, 0.1) is 11.1 Å². The molecule has 1 aliphatic rings. The maximum Gasteiger partial charge on any atom is 0.0843 e. The fourth-order valence-electron chi connectivity index (χ4n) is 5.53. The molecule has 1 aliphatic carbocycles. The molecule has 0 amide bonds. The molecule has 5 rings (SSSR count). The number of fused-ring (bicyclic) bond motifs is 1. The van der Waals surface area contributed by atoms with Crippen molar-refractivity contribution in [2.75, 3.05) is 5.75 Å². The molecule has 1 fully saturated rings. The predicted octanol–water partition coefficient (Wildman–Crippen LogP) is 7.70. The Kier molecular flexibility index (Phi) is 9.41. The first-order chi connectivity index (χ1) is 20.1. The van der Waals surface area contributed by atoms with Crippen molar-refractivity contribution in [3.63, 3.8) is 0 Å². The second kappa shape index (κ2) is 13.0. The number of pyridine rings is 1. The number of carboxylic acid groups (broad SMARTS) is 1. The van der Waals surface area contributed by atoms with E-state index >= 15 is 0 Å². The van der Waals surface area contributed by atoms with Crippen LogP contribution in [0.1, 0.15) is 72.7 Å². The molecule has 1 atom stereocenters. The average molecular weight is 599 g/mol. The van der Waals surface area contributed by atoms with E-state index in [-0.39, 0.29) is 17.1 Å². The van der Waals surface area contributed by atoms with Gasteiger partial charge in [0.25, 0.3) is 0 Å². The first-order valence-corrected chi connectivity index (χ1v) is 16.0. The van der Waals surface area contributed by atoms with E-state index in [9.17, 15) is 15.0 Å². The third-order valence-corrected chi connectivity index (χ3v) is 9.98. The summed E-state index contributed by atoms with van der Waals surface area (Å²) in [6, 6.07) is 26.6. The number of aryl methyl sites for hydroxylation is 1. The number of allylic oxidation sites excluding steroid dienone is 1. The van der Waals surface area contributed by atoms with Gasteiger partial charge in [0.1, 0.15) is 0 Å². The highest BCUT2D eigenvalue weighted by atomic mass is 35.5. The molecule has 42 heavy (non-hydrogen) atoms. The van der Waals surface area contributed by atoms with Gasteiger partial charge in [-0.05, 0) is 97.6 Å². The van der Waals surface area contributed by atoms with Gasteiger partial charge in [-0.3, -0.25) is 4.98 Å². The van der Waals surface area contributed by atoms with E-state index in [1.54, 1.807) is 0 Å². The van der Waals surface area contributed by atoms with Crippen LogP contribution in [0.5, 0.6) is 0 Å². The molecule has 1 aromatic heterocycles. The number of aliphatic carboxylic acids is 1. The Morgan fingerprint density at radius 1 is 1.10 bits per heavy atom. The lowest BCUT2D eigenvalue weighted by molar-refractivity contribution is -0.307. The topological polar surface area (TPSA) is 73.2 Å². The van der Waals surface area contributed by atoms with Gasteiger partial charge in [-0.15, -0.1) is 0 Å². The van der Waals surface area contributed by atoms with Gasteiger partial charge in [-0.25, -0.2) is 0 Å². The molecule has 1 N–H and O–H groups in total. The minimum absolute atomic E-state index is 0.131. The monoisotopic (exact) mass is 598 g/mol. The molecule has 6 heteroatoms. The van der Waals surface area contributed by atoms with Crippen LogP contribution in [-0.2, 0) is 23.2 Å². The van der Waals surface area contributed by atoms with E-state index in [1.807, 2.05) is 62.0 Å². The lowest BCUT2D eigenvalue weighted by atomic mass is 9.90. The summed E-state index contributed by atoms with van der Waals surface area (Å²) in [5.74, 6) is -0.156. The van der Waals surface area contributed by atoms with E-state index in [4.69, 9.17) is 16.6 Å².